The van der Waals surface area contributed by atoms with Gasteiger partial charge in [0.25, 0.3) is 15.9 Å². The minimum absolute atomic E-state index is 0.170. The van der Waals surface area contributed by atoms with Gasteiger partial charge in [0, 0.05) is 24.5 Å². The fraction of sp³-hybridized carbons (Fsp3) is 0.143. The molecule has 28 heavy (non-hydrogen) atoms. The molecule has 7 heteroatoms. The number of aromatic nitrogens is 1. The molecule has 0 saturated carbocycles. The number of anilines is 1. The van der Waals surface area contributed by atoms with Gasteiger partial charge in [0.2, 0.25) is 0 Å². The zero-order valence-electron chi connectivity index (χ0n) is 15.6. The van der Waals surface area contributed by atoms with Gasteiger partial charge < -0.3 is 5.32 Å². The molecular weight excluding hydrogens is 374 g/mol. The van der Waals surface area contributed by atoms with E-state index >= 15 is 0 Å². The van der Waals surface area contributed by atoms with Crippen LogP contribution in [-0.2, 0) is 16.6 Å². The van der Waals surface area contributed by atoms with E-state index in [9.17, 15) is 13.2 Å². The molecule has 0 fully saturated rings. The van der Waals surface area contributed by atoms with Gasteiger partial charge in [-0.1, -0.05) is 29.8 Å². The van der Waals surface area contributed by atoms with Gasteiger partial charge in [-0.25, -0.2) is 8.42 Å². The van der Waals surface area contributed by atoms with E-state index in [0.717, 1.165) is 16.7 Å². The van der Waals surface area contributed by atoms with Gasteiger partial charge in [-0.3, -0.25) is 14.5 Å². The zero-order valence-corrected chi connectivity index (χ0v) is 16.5. The molecule has 0 saturated heterocycles. The number of hydrogen-bond donors (Lipinski definition) is 2. The highest BCUT2D eigenvalue weighted by atomic mass is 32.2. The highest BCUT2D eigenvalue weighted by molar-refractivity contribution is 7.92. The van der Waals surface area contributed by atoms with Gasteiger partial charge in [0.05, 0.1) is 10.6 Å². The lowest BCUT2D eigenvalue weighted by Crippen LogP contribution is -2.23. The Morgan fingerprint density at radius 1 is 1.04 bits per heavy atom. The highest BCUT2D eigenvalue weighted by Crippen LogP contribution is 2.21. The van der Waals surface area contributed by atoms with E-state index in [0.29, 0.717) is 17.8 Å². The number of benzene rings is 2. The first-order chi connectivity index (χ1) is 13.3. The minimum Gasteiger partial charge on any atom is -0.348 e. The maximum absolute atomic E-state index is 12.6. The second kappa shape index (κ2) is 8.22. The van der Waals surface area contributed by atoms with Crippen LogP contribution in [0.3, 0.4) is 0 Å². The van der Waals surface area contributed by atoms with Crippen LogP contribution >= 0.6 is 0 Å². The quantitative estimate of drug-likeness (QED) is 0.669. The SMILES string of the molecule is Cc1ccc(S(=O)(=O)Nc2cc(C(=O)NCc3cccnc3)ccc2C)cc1. The van der Waals surface area contributed by atoms with Crippen molar-refractivity contribution in [2.45, 2.75) is 25.3 Å². The van der Waals surface area contributed by atoms with Crippen LogP contribution in [-0.4, -0.2) is 19.3 Å². The van der Waals surface area contributed by atoms with Crippen LogP contribution in [0.25, 0.3) is 0 Å². The molecule has 0 aliphatic heterocycles. The van der Waals surface area contributed by atoms with Gasteiger partial charge in [0.15, 0.2) is 0 Å². The topological polar surface area (TPSA) is 88.2 Å². The molecule has 1 amide bonds. The molecular formula is C21H21N3O3S. The van der Waals surface area contributed by atoms with Crippen molar-refractivity contribution in [3.05, 3.63) is 89.2 Å². The summed E-state index contributed by atoms with van der Waals surface area (Å²) in [7, 11) is -3.74. The second-order valence-electron chi connectivity index (χ2n) is 6.49. The van der Waals surface area contributed by atoms with Crippen LogP contribution in [0.2, 0.25) is 0 Å². The first-order valence-electron chi connectivity index (χ1n) is 8.72. The normalized spacial score (nSPS) is 11.1. The first-order valence-corrected chi connectivity index (χ1v) is 10.2. The van der Waals surface area contributed by atoms with Gasteiger partial charge in [-0.15, -0.1) is 0 Å². The third-order valence-electron chi connectivity index (χ3n) is 4.25. The number of carbonyl (C=O) groups excluding carboxylic acids is 1. The summed E-state index contributed by atoms with van der Waals surface area (Å²) < 4.78 is 27.9. The molecule has 2 N–H and O–H groups in total. The number of hydrogen-bond acceptors (Lipinski definition) is 4. The number of amides is 1. The summed E-state index contributed by atoms with van der Waals surface area (Å²) in [6.07, 6.45) is 3.34. The van der Waals surface area contributed by atoms with Crippen molar-refractivity contribution in [1.82, 2.24) is 10.3 Å². The van der Waals surface area contributed by atoms with Gasteiger partial charge in [-0.05, 0) is 55.3 Å². The molecule has 0 aliphatic rings. The van der Waals surface area contributed by atoms with E-state index in [-0.39, 0.29) is 10.8 Å². The van der Waals surface area contributed by atoms with Crippen LogP contribution in [0.4, 0.5) is 5.69 Å². The highest BCUT2D eigenvalue weighted by Gasteiger charge is 2.16. The van der Waals surface area contributed by atoms with E-state index < -0.39 is 10.0 Å². The third-order valence-corrected chi connectivity index (χ3v) is 5.63. The van der Waals surface area contributed by atoms with Crippen LogP contribution in [0.15, 0.2) is 71.9 Å². The average molecular weight is 395 g/mol. The Kier molecular flexibility index (Phi) is 5.75. The van der Waals surface area contributed by atoms with Crippen LogP contribution in [0.1, 0.15) is 27.0 Å². The lowest BCUT2D eigenvalue weighted by molar-refractivity contribution is 0.0951. The summed E-state index contributed by atoms with van der Waals surface area (Å²) in [5, 5.41) is 2.81. The predicted molar refractivity (Wildman–Crippen MR) is 109 cm³/mol. The molecule has 1 aromatic heterocycles. The summed E-state index contributed by atoms with van der Waals surface area (Å²) in [5.41, 5.74) is 3.32. The van der Waals surface area contributed by atoms with Crippen LogP contribution in [0.5, 0.6) is 0 Å². The maximum Gasteiger partial charge on any atom is 0.261 e. The van der Waals surface area contributed by atoms with E-state index in [4.69, 9.17) is 0 Å². The lowest BCUT2D eigenvalue weighted by Gasteiger charge is -2.13. The van der Waals surface area contributed by atoms with E-state index in [1.54, 1.807) is 67.8 Å². The van der Waals surface area contributed by atoms with Crippen LogP contribution < -0.4 is 10.0 Å². The minimum atomic E-state index is -3.74. The summed E-state index contributed by atoms with van der Waals surface area (Å²) >= 11 is 0. The molecule has 3 aromatic rings. The lowest BCUT2D eigenvalue weighted by atomic mass is 10.1. The summed E-state index contributed by atoms with van der Waals surface area (Å²) in [6, 6.07) is 15.2. The molecule has 144 valence electrons. The fourth-order valence-electron chi connectivity index (χ4n) is 2.58. The molecule has 0 aliphatic carbocycles. The zero-order chi connectivity index (χ0) is 20.1. The Labute approximate surface area is 164 Å². The molecule has 0 unspecified atom stereocenters. The Morgan fingerprint density at radius 2 is 1.79 bits per heavy atom. The third kappa shape index (κ3) is 4.75. The Morgan fingerprint density at radius 3 is 2.46 bits per heavy atom. The number of nitrogens with zero attached hydrogens (tertiary/aromatic N) is 1. The van der Waals surface area contributed by atoms with Crippen molar-refractivity contribution in [3.63, 3.8) is 0 Å². The van der Waals surface area contributed by atoms with Crippen molar-refractivity contribution in [1.29, 1.82) is 0 Å². The Balaban J connectivity index is 1.77. The fourth-order valence-corrected chi connectivity index (χ4v) is 3.70. The second-order valence-corrected chi connectivity index (χ2v) is 8.17. The van der Waals surface area contributed by atoms with Crippen molar-refractivity contribution in [2.24, 2.45) is 0 Å². The molecule has 0 atom stereocenters. The Bertz CT molecular complexity index is 1080. The Hall–Kier alpha value is -3.19. The molecule has 0 bridgehead atoms. The van der Waals surface area contributed by atoms with E-state index in [1.807, 2.05) is 13.0 Å². The number of nitrogens with one attached hydrogen (secondary N) is 2. The maximum atomic E-state index is 12.6. The standard InChI is InChI=1S/C21H21N3O3S/c1-15-5-9-19(10-6-15)28(26,27)24-20-12-18(8-7-16(20)2)21(25)23-14-17-4-3-11-22-13-17/h3-13,24H,14H2,1-2H3,(H,23,25). The summed E-state index contributed by atoms with van der Waals surface area (Å²) in [6.45, 7) is 4.01. The number of pyridine rings is 1. The monoisotopic (exact) mass is 395 g/mol. The number of sulfonamides is 1. The average Bonchev–Trinajstić information content (AvgIpc) is 2.69. The van der Waals surface area contributed by atoms with Crippen molar-refractivity contribution >= 4 is 21.6 Å². The molecule has 3 rings (SSSR count). The molecule has 1 heterocycles. The predicted octanol–water partition coefficient (Wildman–Crippen LogP) is 3.43. The molecule has 0 spiro atoms. The number of rotatable bonds is 6. The molecule has 2 aromatic carbocycles. The summed E-state index contributed by atoms with van der Waals surface area (Å²) in [4.78, 5) is 16.6. The van der Waals surface area contributed by atoms with Crippen molar-refractivity contribution in [3.8, 4) is 0 Å². The number of aryl methyl sites for hydroxylation is 2. The smallest absolute Gasteiger partial charge is 0.261 e. The summed E-state index contributed by atoms with van der Waals surface area (Å²) in [5.74, 6) is -0.292. The van der Waals surface area contributed by atoms with Crippen molar-refractivity contribution in [2.75, 3.05) is 4.72 Å². The van der Waals surface area contributed by atoms with Gasteiger partial charge >= 0.3 is 0 Å². The van der Waals surface area contributed by atoms with Crippen LogP contribution in [0, 0.1) is 13.8 Å². The molecule has 0 radical (unpaired) electrons. The first kappa shape index (κ1) is 19.6. The van der Waals surface area contributed by atoms with Gasteiger partial charge in [-0.2, -0.15) is 0 Å². The largest absolute Gasteiger partial charge is 0.348 e. The number of carbonyl (C=O) groups is 1. The van der Waals surface area contributed by atoms with E-state index in [2.05, 4.69) is 15.0 Å². The van der Waals surface area contributed by atoms with Gasteiger partial charge in [0.1, 0.15) is 0 Å². The van der Waals surface area contributed by atoms with Crippen molar-refractivity contribution < 1.29 is 13.2 Å². The van der Waals surface area contributed by atoms with E-state index in [1.165, 1.54) is 0 Å². The molecule has 6 nitrogen and oxygen atoms in total.